The molecule has 2 nitrogen and oxygen atoms in total. The van der Waals surface area contributed by atoms with Gasteiger partial charge in [0, 0.05) is 0 Å². The van der Waals surface area contributed by atoms with Crippen molar-refractivity contribution in [3.05, 3.63) is 0 Å². The molecule has 0 aromatic rings. The van der Waals surface area contributed by atoms with Gasteiger partial charge in [-0.3, -0.25) is 0 Å². The summed E-state index contributed by atoms with van der Waals surface area (Å²) >= 11 is 0. The molecule has 0 unspecified atom stereocenters. The third-order valence-corrected chi connectivity index (χ3v) is 4.04. The van der Waals surface area contributed by atoms with E-state index in [4.69, 9.17) is 9.05 Å². The predicted molar refractivity (Wildman–Crippen MR) is 37.4 cm³/mol. The van der Waals surface area contributed by atoms with Gasteiger partial charge in [-0.2, -0.15) is 0 Å². The fourth-order valence-corrected chi connectivity index (χ4v) is 0.998. The smallest absolute Gasteiger partial charge is 0.210 e. The van der Waals surface area contributed by atoms with E-state index in [0.29, 0.717) is 0 Å². The topological polar surface area (TPSA) is 18.5 Å². The fourth-order valence-electron chi connectivity index (χ4n) is 0.333. The molecule has 0 heterocycles. The van der Waals surface area contributed by atoms with Gasteiger partial charge >= 0.3 is 0 Å². The lowest BCUT2D eigenvalue weighted by Crippen LogP contribution is -1.97. The van der Waals surface area contributed by atoms with E-state index in [-0.39, 0.29) is 0 Å². The third kappa shape index (κ3) is 2.08. The van der Waals surface area contributed by atoms with Crippen LogP contribution < -0.4 is 0 Å². The van der Waals surface area contributed by atoms with E-state index < -0.39 is 7.72 Å². The minimum absolute atomic E-state index is 0.986. The molecule has 0 aromatic carbocycles. The first-order valence-corrected chi connectivity index (χ1v) is 4.91. The van der Waals surface area contributed by atoms with Crippen LogP contribution in [0.4, 0.5) is 0 Å². The first-order valence-electron chi connectivity index (χ1n) is 2.65. The molecule has 0 spiro atoms. The minimum Gasteiger partial charge on any atom is -0.210 e. The molecule has 0 aliphatic rings. The number of rotatable bonds is 3. The van der Waals surface area contributed by atoms with Crippen LogP contribution in [0.2, 0.25) is 0 Å². The van der Waals surface area contributed by atoms with E-state index >= 15 is 0 Å². The van der Waals surface area contributed by atoms with E-state index in [2.05, 4.69) is 6.92 Å². The SMILES string of the molecule is CC[P+](C)(OC)OC. The lowest BCUT2D eigenvalue weighted by Gasteiger charge is -2.12. The summed E-state index contributed by atoms with van der Waals surface area (Å²) in [4.78, 5) is 0. The quantitative estimate of drug-likeness (QED) is 0.552. The Hall–Kier alpha value is 0.350. The van der Waals surface area contributed by atoms with Crippen LogP contribution in [0.5, 0.6) is 0 Å². The van der Waals surface area contributed by atoms with Gasteiger partial charge in [0.2, 0.25) is 0 Å². The molecular formula is C5H14O2P+. The van der Waals surface area contributed by atoms with Crippen molar-refractivity contribution in [2.75, 3.05) is 27.0 Å². The van der Waals surface area contributed by atoms with Gasteiger partial charge in [-0.05, 0) is 6.92 Å². The Bertz CT molecular complexity index is 53.2. The molecular weight excluding hydrogens is 123 g/mol. The molecule has 8 heavy (non-hydrogen) atoms. The molecule has 0 atom stereocenters. The van der Waals surface area contributed by atoms with Crippen molar-refractivity contribution < 1.29 is 9.05 Å². The highest BCUT2D eigenvalue weighted by Crippen LogP contribution is 2.55. The molecule has 0 fully saturated rings. The van der Waals surface area contributed by atoms with Gasteiger partial charge in [0.15, 0.2) is 0 Å². The Morgan fingerprint density at radius 2 is 1.62 bits per heavy atom. The van der Waals surface area contributed by atoms with Crippen LogP contribution in [0.1, 0.15) is 6.92 Å². The van der Waals surface area contributed by atoms with Crippen LogP contribution in [-0.4, -0.2) is 27.0 Å². The molecule has 0 bridgehead atoms. The normalized spacial score (nSPS) is 12.0. The molecule has 0 aromatic heterocycles. The van der Waals surface area contributed by atoms with Crippen LogP contribution in [0, 0.1) is 0 Å². The van der Waals surface area contributed by atoms with Crippen LogP contribution in [0.25, 0.3) is 0 Å². The van der Waals surface area contributed by atoms with E-state index in [0.717, 1.165) is 6.16 Å². The van der Waals surface area contributed by atoms with Crippen molar-refractivity contribution >= 4 is 7.72 Å². The molecule has 0 saturated carbocycles. The van der Waals surface area contributed by atoms with Crippen molar-refractivity contribution in [1.82, 2.24) is 0 Å². The molecule has 0 aliphatic carbocycles. The van der Waals surface area contributed by atoms with Crippen molar-refractivity contribution in [3.63, 3.8) is 0 Å². The molecule has 0 saturated heterocycles. The predicted octanol–water partition coefficient (Wildman–Crippen LogP) is 1.78. The summed E-state index contributed by atoms with van der Waals surface area (Å²) in [6.45, 7) is 4.09. The first-order chi connectivity index (χ1) is 3.68. The second-order valence-electron chi connectivity index (χ2n) is 1.70. The molecule has 0 rings (SSSR count). The van der Waals surface area contributed by atoms with Crippen molar-refractivity contribution in [2.45, 2.75) is 6.92 Å². The van der Waals surface area contributed by atoms with Gasteiger partial charge in [0.1, 0.15) is 12.8 Å². The Labute approximate surface area is 51.7 Å². The highest BCUT2D eigenvalue weighted by atomic mass is 31.2. The zero-order valence-corrected chi connectivity index (χ0v) is 6.87. The summed E-state index contributed by atoms with van der Waals surface area (Å²) in [6, 6.07) is 0. The number of hydrogen-bond acceptors (Lipinski definition) is 2. The van der Waals surface area contributed by atoms with Crippen LogP contribution >= 0.6 is 7.72 Å². The maximum absolute atomic E-state index is 5.12. The highest BCUT2D eigenvalue weighted by Gasteiger charge is 2.29. The van der Waals surface area contributed by atoms with Gasteiger partial charge < -0.3 is 0 Å². The van der Waals surface area contributed by atoms with E-state index in [1.807, 2.05) is 6.66 Å². The fraction of sp³-hybridized carbons (Fsp3) is 1.00. The first kappa shape index (κ1) is 8.35. The Kier molecular flexibility index (Phi) is 3.54. The monoisotopic (exact) mass is 137 g/mol. The van der Waals surface area contributed by atoms with Gasteiger partial charge in [-0.1, -0.05) is 0 Å². The average molecular weight is 137 g/mol. The lowest BCUT2D eigenvalue weighted by atomic mass is 11.0. The Morgan fingerprint density at radius 1 is 1.25 bits per heavy atom. The Balaban J connectivity index is 3.58. The zero-order valence-electron chi connectivity index (χ0n) is 5.97. The number of hydrogen-bond donors (Lipinski definition) is 0. The summed E-state index contributed by atoms with van der Waals surface area (Å²) in [5.74, 6) is 0. The minimum atomic E-state index is -1.41. The lowest BCUT2D eigenvalue weighted by molar-refractivity contribution is 0.322. The average Bonchev–Trinajstić information content (AvgIpc) is 1.87. The van der Waals surface area contributed by atoms with Crippen molar-refractivity contribution in [2.24, 2.45) is 0 Å². The maximum Gasteiger partial charge on any atom is 0.271 e. The zero-order chi connectivity index (χ0) is 6.62. The van der Waals surface area contributed by atoms with E-state index in [1.165, 1.54) is 0 Å². The molecule has 0 aliphatic heterocycles. The second kappa shape index (κ2) is 3.39. The van der Waals surface area contributed by atoms with Gasteiger partial charge in [0.25, 0.3) is 7.72 Å². The molecule has 0 N–H and O–H groups in total. The second-order valence-corrected chi connectivity index (χ2v) is 5.09. The molecule has 0 amide bonds. The van der Waals surface area contributed by atoms with Crippen LogP contribution in [-0.2, 0) is 9.05 Å². The van der Waals surface area contributed by atoms with Gasteiger partial charge in [0.05, 0.1) is 14.2 Å². The Morgan fingerprint density at radius 3 is 1.62 bits per heavy atom. The maximum atomic E-state index is 5.12. The third-order valence-electron chi connectivity index (χ3n) is 1.35. The molecule has 0 radical (unpaired) electrons. The molecule has 3 heteroatoms. The summed E-state index contributed by atoms with van der Waals surface area (Å²) in [6.07, 6.45) is 0.986. The highest BCUT2D eigenvalue weighted by molar-refractivity contribution is 7.65. The van der Waals surface area contributed by atoms with Gasteiger partial charge in [-0.15, -0.1) is 0 Å². The van der Waals surface area contributed by atoms with E-state index in [1.54, 1.807) is 14.2 Å². The van der Waals surface area contributed by atoms with Gasteiger partial charge in [-0.25, -0.2) is 9.05 Å². The molecule has 50 valence electrons. The van der Waals surface area contributed by atoms with Crippen LogP contribution in [0.15, 0.2) is 0 Å². The van der Waals surface area contributed by atoms with Crippen LogP contribution in [0.3, 0.4) is 0 Å². The summed E-state index contributed by atoms with van der Waals surface area (Å²) in [5.41, 5.74) is 0. The summed E-state index contributed by atoms with van der Waals surface area (Å²) in [5, 5.41) is 0. The standard InChI is InChI=1S/C5H14O2P/c1-5-8(4,6-2)7-3/h5H2,1-4H3/q+1. The van der Waals surface area contributed by atoms with Crippen molar-refractivity contribution in [3.8, 4) is 0 Å². The van der Waals surface area contributed by atoms with Crippen molar-refractivity contribution in [1.29, 1.82) is 0 Å². The largest absolute Gasteiger partial charge is 0.271 e. The summed E-state index contributed by atoms with van der Waals surface area (Å²) < 4.78 is 10.2. The van der Waals surface area contributed by atoms with E-state index in [9.17, 15) is 0 Å². The summed E-state index contributed by atoms with van der Waals surface area (Å²) in [7, 11) is 1.98.